The predicted molar refractivity (Wildman–Crippen MR) is 53.0 cm³/mol. The lowest BCUT2D eigenvalue weighted by molar-refractivity contribution is 0.0986. The summed E-state index contributed by atoms with van der Waals surface area (Å²) in [5, 5.41) is 8.94. The molecule has 72 valence electrons. The average Bonchev–Trinajstić information content (AvgIpc) is 2.27. The minimum absolute atomic E-state index is 0.235. The van der Waals surface area contributed by atoms with Crippen molar-refractivity contribution in [1.29, 1.82) is 5.26 Å². The number of ether oxygens (including phenoxy) is 2. The second-order valence-electron chi connectivity index (χ2n) is 2.55. The predicted octanol–water partition coefficient (Wildman–Crippen LogP) is 2.17. The normalized spacial score (nSPS) is 8.64. The number of nitriles is 1. The van der Waals surface area contributed by atoms with Crippen LogP contribution in [0.25, 0.3) is 5.57 Å². The van der Waals surface area contributed by atoms with Gasteiger partial charge in [0.2, 0.25) is 0 Å². The SMILES string of the molecule is COC(OC)=C(C#N)c1ccccc1. The van der Waals surface area contributed by atoms with Crippen LogP contribution >= 0.6 is 0 Å². The molecule has 14 heavy (non-hydrogen) atoms. The van der Waals surface area contributed by atoms with Gasteiger partial charge in [0.1, 0.15) is 11.6 Å². The zero-order chi connectivity index (χ0) is 10.4. The van der Waals surface area contributed by atoms with E-state index in [2.05, 4.69) is 0 Å². The zero-order valence-electron chi connectivity index (χ0n) is 8.15. The van der Waals surface area contributed by atoms with Crippen molar-refractivity contribution in [2.45, 2.75) is 0 Å². The van der Waals surface area contributed by atoms with Crippen LogP contribution < -0.4 is 0 Å². The third-order valence-corrected chi connectivity index (χ3v) is 1.75. The molecular formula is C11H11NO2. The molecule has 0 heterocycles. The van der Waals surface area contributed by atoms with Crippen LogP contribution in [-0.2, 0) is 9.47 Å². The molecule has 0 aliphatic rings. The van der Waals surface area contributed by atoms with Crippen LogP contribution in [0.15, 0.2) is 36.3 Å². The lowest BCUT2D eigenvalue weighted by Crippen LogP contribution is -1.95. The fraction of sp³-hybridized carbons (Fsp3) is 0.182. The first-order valence-corrected chi connectivity index (χ1v) is 4.11. The van der Waals surface area contributed by atoms with E-state index >= 15 is 0 Å². The van der Waals surface area contributed by atoms with Gasteiger partial charge < -0.3 is 9.47 Å². The summed E-state index contributed by atoms with van der Waals surface area (Å²) < 4.78 is 9.88. The number of nitrogens with zero attached hydrogens (tertiary/aromatic N) is 1. The highest BCUT2D eigenvalue weighted by atomic mass is 16.7. The molecule has 0 unspecified atom stereocenters. The van der Waals surface area contributed by atoms with Gasteiger partial charge in [0, 0.05) is 0 Å². The van der Waals surface area contributed by atoms with Gasteiger partial charge in [-0.05, 0) is 5.56 Å². The lowest BCUT2D eigenvalue weighted by atomic mass is 10.1. The van der Waals surface area contributed by atoms with Crippen molar-refractivity contribution in [2.75, 3.05) is 14.2 Å². The highest BCUT2D eigenvalue weighted by molar-refractivity contribution is 5.77. The van der Waals surface area contributed by atoms with E-state index in [0.29, 0.717) is 5.57 Å². The van der Waals surface area contributed by atoms with E-state index < -0.39 is 0 Å². The van der Waals surface area contributed by atoms with E-state index in [1.807, 2.05) is 36.4 Å². The highest BCUT2D eigenvalue weighted by Gasteiger charge is 2.09. The number of hydrogen-bond acceptors (Lipinski definition) is 3. The molecule has 0 aliphatic heterocycles. The summed E-state index contributed by atoms with van der Waals surface area (Å²) >= 11 is 0. The maximum absolute atomic E-state index is 8.94. The Morgan fingerprint density at radius 1 is 1.14 bits per heavy atom. The Hall–Kier alpha value is -1.95. The Balaban J connectivity index is 3.17. The molecule has 0 bridgehead atoms. The molecule has 3 nitrogen and oxygen atoms in total. The van der Waals surface area contributed by atoms with Crippen LogP contribution in [-0.4, -0.2) is 14.2 Å². The van der Waals surface area contributed by atoms with Crippen molar-refractivity contribution in [3.8, 4) is 6.07 Å². The van der Waals surface area contributed by atoms with Gasteiger partial charge in [-0.3, -0.25) is 0 Å². The molecule has 1 aromatic rings. The van der Waals surface area contributed by atoms with E-state index in [9.17, 15) is 0 Å². The number of rotatable bonds is 3. The molecule has 0 aliphatic carbocycles. The maximum Gasteiger partial charge on any atom is 0.297 e. The second kappa shape index (κ2) is 4.93. The molecule has 0 atom stereocenters. The van der Waals surface area contributed by atoms with Crippen molar-refractivity contribution < 1.29 is 9.47 Å². The molecule has 1 rings (SSSR count). The number of benzene rings is 1. The molecule has 0 fully saturated rings. The largest absolute Gasteiger partial charge is 0.468 e. The van der Waals surface area contributed by atoms with Crippen molar-refractivity contribution in [1.82, 2.24) is 0 Å². The minimum atomic E-state index is 0.235. The van der Waals surface area contributed by atoms with E-state index in [1.165, 1.54) is 14.2 Å². The first-order valence-electron chi connectivity index (χ1n) is 4.11. The Kier molecular flexibility index (Phi) is 3.57. The molecule has 0 spiro atoms. The van der Waals surface area contributed by atoms with E-state index in [4.69, 9.17) is 14.7 Å². The second-order valence-corrected chi connectivity index (χ2v) is 2.55. The van der Waals surface area contributed by atoms with Crippen molar-refractivity contribution in [2.24, 2.45) is 0 Å². The van der Waals surface area contributed by atoms with Gasteiger partial charge in [-0.25, -0.2) is 0 Å². The van der Waals surface area contributed by atoms with Gasteiger partial charge in [0.25, 0.3) is 5.95 Å². The van der Waals surface area contributed by atoms with Crippen LogP contribution in [0.4, 0.5) is 0 Å². The number of hydrogen-bond donors (Lipinski definition) is 0. The fourth-order valence-electron chi connectivity index (χ4n) is 1.12. The summed E-state index contributed by atoms with van der Waals surface area (Å²) in [6.45, 7) is 0. The molecule has 3 heteroatoms. The van der Waals surface area contributed by atoms with Crippen LogP contribution in [0, 0.1) is 11.3 Å². The first-order chi connectivity index (χ1) is 6.83. The summed E-state index contributed by atoms with van der Waals surface area (Å²) in [6.07, 6.45) is 0. The summed E-state index contributed by atoms with van der Waals surface area (Å²) in [7, 11) is 2.94. The quantitative estimate of drug-likeness (QED) is 0.540. The Bertz CT molecular complexity index is 357. The molecule has 0 saturated carbocycles. The molecule has 0 amide bonds. The smallest absolute Gasteiger partial charge is 0.297 e. The molecule has 0 aromatic heterocycles. The molecule has 0 radical (unpaired) electrons. The van der Waals surface area contributed by atoms with Crippen molar-refractivity contribution >= 4 is 5.57 Å². The summed E-state index contributed by atoms with van der Waals surface area (Å²) in [5.41, 5.74) is 1.18. The van der Waals surface area contributed by atoms with E-state index in [1.54, 1.807) is 0 Å². The summed E-state index contributed by atoms with van der Waals surface area (Å²) in [6, 6.07) is 11.3. The van der Waals surface area contributed by atoms with Gasteiger partial charge in [0.05, 0.1) is 14.2 Å². The lowest BCUT2D eigenvalue weighted by Gasteiger charge is -2.06. The minimum Gasteiger partial charge on any atom is -0.468 e. The monoisotopic (exact) mass is 189 g/mol. The van der Waals surface area contributed by atoms with Crippen LogP contribution in [0.2, 0.25) is 0 Å². The third-order valence-electron chi connectivity index (χ3n) is 1.75. The van der Waals surface area contributed by atoms with Gasteiger partial charge in [-0.15, -0.1) is 0 Å². The van der Waals surface area contributed by atoms with E-state index in [-0.39, 0.29) is 5.95 Å². The number of methoxy groups -OCH3 is 2. The Morgan fingerprint density at radius 3 is 2.14 bits per heavy atom. The van der Waals surface area contributed by atoms with Crippen molar-refractivity contribution in [3.05, 3.63) is 41.8 Å². The summed E-state index contributed by atoms with van der Waals surface area (Å²) in [4.78, 5) is 0. The standard InChI is InChI=1S/C11H11NO2/c1-13-11(14-2)10(8-12)9-6-4-3-5-7-9/h3-7H,1-2H3. The molecule has 0 N–H and O–H groups in total. The maximum atomic E-state index is 8.94. The molecular weight excluding hydrogens is 178 g/mol. The van der Waals surface area contributed by atoms with Gasteiger partial charge in [-0.1, -0.05) is 30.3 Å². The topological polar surface area (TPSA) is 42.2 Å². The van der Waals surface area contributed by atoms with Gasteiger partial charge in [0.15, 0.2) is 0 Å². The van der Waals surface area contributed by atoms with Gasteiger partial charge in [-0.2, -0.15) is 5.26 Å². The first kappa shape index (κ1) is 10.1. The Labute approximate surface area is 83.2 Å². The van der Waals surface area contributed by atoms with Crippen molar-refractivity contribution in [3.63, 3.8) is 0 Å². The fourth-order valence-corrected chi connectivity index (χ4v) is 1.12. The van der Waals surface area contributed by atoms with E-state index in [0.717, 1.165) is 5.56 Å². The third kappa shape index (κ3) is 2.05. The molecule has 1 aromatic carbocycles. The van der Waals surface area contributed by atoms with Crippen LogP contribution in [0.3, 0.4) is 0 Å². The number of allylic oxidation sites excluding steroid dienone is 1. The van der Waals surface area contributed by atoms with Crippen LogP contribution in [0.1, 0.15) is 5.56 Å². The Morgan fingerprint density at radius 2 is 1.71 bits per heavy atom. The van der Waals surface area contributed by atoms with Gasteiger partial charge >= 0.3 is 0 Å². The average molecular weight is 189 g/mol. The summed E-state index contributed by atoms with van der Waals surface area (Å²) in [5.74, 6) is 0.235. The van der Waals surface area contributed by atoms with Crippen LogP contribution in [0.5, 0.6) is 0 Å². The molecule has 0 saturated heterocycles. The highest BCUT2D eigenvalue weighted by Crippen LogP contribution is 2.18. The zero-order valence-corrected chi connectivity index (χ0v) is 8.15.